The topological polar surface area (TPSA) is 72.1 Å². The predicted molar refractivity (Wildman–Crippen MR) is 91.5 cm³/mol. The highest BCUT2D eigenvalue weighted by Gasteiger charge is 2.37. The van der Waals surface area contributed by atoms with Gasteiger partial charge in [-0.05, 0) is 31.0 Å². The minimum absolute atomic E-state index is 0.0861. The Morgan fingerprint density at radius 2 is 2.24 bits per heavy atom. The third-order valence-electron chi connectivity index (χ3n) is 4.42. The van der Waals surface area contributed by atoms with E-state index in [1.165, 1.54) is 0 Å². The van der Waals surface area contributed by atoms with Gasteiger partial charge in [-0.1, -0.05) is 35.0 Å². The number of aryl methyl sites for hydroxylation is 1. The van der Waals surface area contributed by atoms with Gasteiger partial charge in [0.2, 0.25) is 17.6 Å². The molecule has 0 spiro atoms. The summed E-state index contributed by atoms with van der Waals surface area (Å²) in [6.45, 7) is 2.75. The Morgan fingerprint density at radius 1 is 1.32 bits per heavy atom. The van der Waals surface area contributed by atoms with Gasteiger partial charge < -0.3 is 9.42 Å². The van der Waals surface area contributed by atoms with E-state index in [0.29, 0.717) is 18.1 Å². The highest BCUT2D eigenvalue weighted by Crippen LogP contribution is 2.33. The Bertz CT molecular complexity index is 891. The summed E-state index contributed by atoms with van der Waals surface area (Å²) < 4.78 is 5.39. The molecule has 0 N–H and O–H groups in total. The van der Waals surface area contributed by atoms with Crippen molar-refractivity contribution in [2.45, 2.75) is 25.8 Å². The Labute approximate surface area is 145 Å². The second-order valence-corrected chi connectivity index (χ2v) is 6.26. The van der Waals surface area contributed by atoms with Crippen molar-refractivity contribution in [2.24, 2.45) is 0 Å². The second kappa shape index (κ2) is 6.47. The van der Waals surface area contributed by atoms with Crippen LogP contribution in [0.25, 0.3) is 11.4 Å². The van der Waals surface area contributed by atoms with Crippen LogP contribution in [0.5, 0.6) is 0 Å². The van der Waals surface area contributed by atoms with Crippen LogP contribution in [-0.2, 0) is 11.2 Å². The number of hydrogen-bond acceptors (Lipinski definition) is 5. The molecule has 0 radical (unpaired) electrons. The quantitative estimate of drug-likeness (QED) is 0.733. The Morgan fingerprint density at radius 3 is 2.96 bits per heavy atom. The minimum Gasteiger partial charge on any atom is -0.337 e. The highest BCUT2D eigenvalue weighted by atomic mass is 16.5. The van der Waals surface area contributed by atoms with Gasteiger partial charge >= 0.3 is 0 Å². The number of carbonyl (C=O) groups is 1. The van der Waals surface area contributed by atoms with Crippen molar-refractivity contribution in [2.75, 3.05) is 6.54 Å². The van der Waals surface area contributed by atoms with E-state index < -0.39 is 0 Å². The molecule has 0 saturated carbocycles. The van der Waals surface area contributed by atoms with E-state index in [1.807, 2.05) is 48.2 Å². The molecule has 6 heteroatoms. The maximum Gasteiger partial charge on any atom is 0.249 e. The molecule has 4 rings (SSSR count). The summed E-state index contributed by atoms with van der Waals surface area (Å²) in [7, 11) is 0. The molecular weight excluding hydrogens is 316 g/mol. The van der Waals surface area contributed by atoms with Crippen LogP contribution < -0.4 is 0 Å². The van der Waals surface area contributed by atoms with Crippen LogP contribution >= 0.6 is 0 Å². The molecule has 3 aromatic rings. The summed E-state index contributed by atoms with van der Waals surface area (Å²) in [5.74, 6) is 1.08. The smallest absolute Gasteiger partial charge is 0.249 e. The molecule has 6 nitrogen and oxygen atoms in total. The number of amides is 1. The third-order valence-corrected chi connectivity index (χ3v) is 4.42. The fourth-order valence-electron chi connectivity index (χ4n) is 3.02. The first kappa shape index (κ1) is 15.5. The van der Waals surface area contributed by atoms with Crippen molar-refractivity contribution in [3.05, 3.63) is 65.8 Å². The van der Waals surface area contributed by atoms with Crippen LogP contribution in [0.2, 0.25) is 0 Å². The number of carbonyl (C=O) groups excluding carboxylic acids is 1. The fraction of sp³-hybridized carbons (Fsp3) is 0.263. The van der Waals surface area contributed by atoms with Crippen molar-refractivity contribution < 1.29 is 9.32 Å². The Kier molecular flexibility index (Phi) is 4.01. The van der Waals surface area contributed by atoms with Crippen molar-refractivity contribution in [3.8, 4) is 11.4 Å². The molecule has 0 aliphatic carbocycles. The summed E-state index contributed by atoms with van der Waals surface area (Å²) in [4.78, 5) is 22.9. The van der Waals surface area contributed by atoms with E-state index in [4.69, 9.17) is 4.52 Å². The molecule has 1 aromatic carbocycles. The molecule has 1 atom stereocenters. The summed E-state index contributed by atoms with van der Waals surface area (Å²) in [6.07, 6.45) is 4.62. The van der Waals surface area contributed by atoms with Gasteiger partial charge in [-0.3, -0.25) is 9.78 Å². The van der Waals surface area contributed by atoms with Gasteiger partial charge in [-0.2, -0.15) is 4.98 Å². The summed E-state index contributed by atoms with van der Waals surface area (Å²) in [5, 5.41) is 4.01. The average molecular weight is 334 g/mol. The number of nitrogens with zero attached hydrogens (tertiary/aromatic N) is 4. The van der Waals surface area contributed by atoms with Crippen molar-refractivity contribution in [1.29, 1.82) is 0 Å². The van der Waals surface area contributed by atoms with Gasteiger partial charge in [0.05, 0.1) is 6.42 Å². The molecule has 1 saturated heterocycles. The monoisotopic (exact) mass is 334 g/mol. The van der Waals surface area contributed by atoms with Gasteiger partial charge in [-0.15, -0.1) is 0 Å². The zero-order valence-corrected chi connectivity index (χ0v) is 13.9. The molecule has 3 heterocycles. The lowest BCUT2D eigenvalue weighted by molar-refractivity contribution is -0.139. The molecule has 1 aliphatic rings. The van der Waals surface area contributed by atoms with Crippen molar-refractivity contribution in [1.82, 2.24) is 20.0 Å². The SMILES string of the molecule is Cc1cccc(CC(=O)N2CC[C@H]2c2nc(-c3cccnc3)no2)c1. The predicted octanol–water partition coefficient (Wildman–Crippen LogP) is 2.96. The number of aromatic nitrogens is 3. The average Bonchev–Trinajstić information content (AvgIpc) is 3.04. The Hall–Kier alpha value is -3.02. The van der Waals surface area contributed by atoms with Crippen LogP contribution in [0.15, 0.2) is 53.3 Å². The number of likely N-dealkylation sites (tertiary alicyclic amines) is 1. The zero-order chi connectivity index (χ0) is 17.2. The summed E-state index contributed by atoms with van der Waals surface area (Å²) >= 11 is 0. The van der Waals surface area contributed by atoms with Crippen LogP contribution in [0.3, 0.4) is 0 Å². The van der Waals surface area contributed by atoms with E-state index in [1.54, 1.807) is 12.4 Å². The minimum atomic E-state index is -0.129. The van der Waals surface area contributed by atoms with Gasteiger partial charge in [0.1, 0.15) is 6.04 Å². The first-order valence-electron chi connectivity index (χ1n) is 8.30. The van der Waals surface area contributed by atoms with Gasteiger partial charge in [0.25, 0.3) is 0 Å². The van der Waals surface area contributed by atoms with E-state index in [-0.39, 0.29) is 11.9 Å². The molecule has 1 amide bonds. The van der Waals surface area contributed by atoms with Gasteiger partial charge in [0.15, 0.2) is 0 Å². The maximum atomic E-state index is 12.6. The van der Waals surface area contributed by atoms with Crippen LogP contribution in [0, 0.1) is 6.92 Å². The standard InChI is InChI=1S/C19H18N4O2/c1-13-4-2-5-14(10-13)11-17(24)23-9-7-16(23)19-21-18(22-25-19)15-6-3-8-20-12-15/h2-6,8,10,12,16H,7,9,11H2,1H3/t16-/m0/s1. The lowest BCUT2D eigenvalue weighted by Crippen LogP contribution is -2.46. The molecule has 25 heavy (non-hydrogen) atoms. The van der Waals surface area contributed by atoms with Crippen LogP contribution in [0.4, 0.5) is 0 Å². The van der Waals surface area contributed by atoms with Gasteiger partial charge in [0, 0.05) is 24.5 Å². The normalized spacial score (nSPS) is 16.5. The molecular formula is C19H18N4O2. The lowest BCUT2D eigenvalue weighted by Gasteiger charge is -2.38. The molecule has 2 aromatic heterocycles. The molecule has 0 bridgehead atoms. The van der Waals surface area contributed by atoms with Crippen LogP contribution in [0.1, 0.15) is 29.5 Å². The van der Waals surface area contributed by atoms with E-state index in [2.05, 4.69) is 15.1 Å². The number of hydrogen-bond donors (Lipinski definition) is 0. The van der Waals surface area contributed by atoms with E-state index >= 15 is 0 Å². The zero-order valence-electron chi connectivity index (χ0n) is 13.9. The Balaban J connectivity index is 1.47. The second-order valence-electron chi connectivity index (χ2n) is 6.26. The molecule has 1 fully saturated rings. The highest BCUT2D eigenvalue weighted by molar-refractivity contribution is 5.80. The van der Waals surface area contributed by atoms with Crippen molar-refractivity contribution >= 4 is 5.91 Å². The van der Waals surface area contributed by atoms with Crippen LogP contribution in [-0.4, -0.2) is 32.5 Å². The lowest BCUT2D eigenvalue weighted by atomic mass is 10.0. The molecule has 0 unspecified atom stereocenters. The molecule has 126 valence electrons. The third kappa shape index (κ3) is 3.15. The van der Waals surface area contributed by atoms with Gasteiger partial charge in [-0.25, -0.2) is 0 Å². The van der Waals surface area contributed by atoms with E-state index in [9.17, 15) is 4.79 Å². The first-order chi connectivity index (χ1) is 12.2. The number of pyridine rings is 1. The summed E-state index contributed by atoms with van der Waals surface area (Å²) in [5.41, 5.74) is 2.98. The number of benzene rings is 1. The maximum absolute atomic E-state index is 12.6. The first-order valence-corrected chi connectivity index (χ1v) is 8.30. The fourth-order valence-corrected chi connectivity index (χ4v) is 3.02. The molecule has 1 aliphatic heterocycles. The summed E-state index contributed by atoms with van der Waals surface area (Å²) in [6, 6.07) is 11.6. The van der Waals surface area contributed by atoms with E-state index in [0.717, 1.165) is 29.7 Å². The largest absolute Gasteiger partial charge is 0.337 e. The number of rotatable bonds is 4. The van der Waals surface area contributed by atoms with Crippen molar-refractivity contribution in [3.63, 3.8) is 0 Å².